The van der Waals surface area contributed by atoms with Crippen LogP contribution in [0.5, 0.6) is 0 Å². The fraction of sp³-hybridized carbons (Fsp3) is 0.0909. The summed E-state index contributed by atoms with van der Waals surface area (Å²) in [5, 5.41) is 11.8. The fourth-order valence-electron chi connectivity index (χ4n) is 1.27. The molecule has 0 amide bonds. The summed E-state index contributed by atoms with van der Waals surface area (Å²) in [5.41, 5.74) is 0.955. The summed E-state index contributed by atoms with van der Waals surface area (Å²) in [6.07, 6.45) is 4.64. The molecule has 0 spiro atoms. The zero-order valence-electron chi connectivity index (χ0n) is 8.87. The maximum atomic E-state index is 10.7. The Balaban J connectivity index is 2.04. The van der Waals surface area contributed by atoms with E-state index in [-0.39, 0.29) is 5.69 Å². The van der Waals surface area contributed by atoms with Crippen LogP contribution in [0.2, 0.25) is 0 Å². The van der Waals surface area contributed by atoms with Crippen molar-refractivity contribution >= 4 is 11.8 Å². The highest BCUT2D eigenvalue weighted by molar-refractivity contribution is 5.85. The summed E-state index contributed by atoms with van der Waals surface area (Å²) < 4.78 is 0. The number of hydrogen-bond acceptors (Lipinski definition) is 5. The second-order valence-corrected chi connectivity index (χ2v) is 3.31. The minimum atomic E-state index is -1.07. The van der Waals surface area contributed by atoms with E-state index in [1.165, 1.54) is 12.4 Å². The zero-order chi connectivity index (χ0) is 12.1. The molecule has 0 aliphatic heterocycles. The minimum absolute atomic E-state index is 0.0336. The van der Waals surface area contributed by atoms with E-state index in [0.29, 0.717) is 12.4 Å². The molecule has 2 heterocycles. The number of rotatable bonds is 4. The molecule has 0 aliphatic carbocycles. The van der Waals surface area contributed by atoms with Gasteiger partial charge in [0.2, 0.25) is 0 Å². The van der Waals surface area contributed by atoms with E-state index in [2.05, 4.69) is 20.3 Å². The molecule has 17 heavy (non-hydrogen) atoms. The Bertz CT molecular complexity index is 516. The number of carboxylic acids is 1. The third-order valence-corrected chi connectivity index (χ3v) is 2.08. The molecule has 0 unspecified atom stereocenters. The van der Waals surface area contributed by atoms with Crippen molar-refractivity contribution in [1.82, 2.24) is 15.0 Å². The maximum absolute atomic E-state index is 10.7. The van der Waals surface area contributed by atoms with Crippen LogP contribution in [-0.2, 0) is 6.54 Å². The van der Waals surface area contributed by atoms with Gasteiger partial charge in [-0.15, -0.1) is 0 Å². The van der Waals surface area contributed by atoms with Crippen LogP contribution < -0.4 is 5.32 Å². The molecule has 2 N–H and O–H groups in total. The van der Waals surface area contributed by atoms with Crippen molar-refractivity contribution in [2.45, 2.75) is 6.54 Å². The van der Waals surface area contributed by atoms with Gasteiger partial charge in [-0.05, 0) is 11.6 Å². The van der Waals surface area contributed by atoms with Crippen molar-refractivity contribution in [3.63, 3.8) is 0 Å². The molecule has 0 atom stereocenters. The third-order valence-electron chi connectivity index (χ3n) is 2.08. The Labute approximate surface area is 97.4 Å². The fourth-order valence-corrected chi connectivity index (χ4v) is 1.27. The van der Waals surface area contributed by atoms with E-state index in [1.54, 1.807) is 12.4 Å². The van der Waals surface area contributed by atoms with E-state index in [4.69, 9.17) is 5.11 Å². The van der Waals surface area contributed by atoms with Gasteiger partial charge >= 0.3 is 5.97 Å². The van der Waals surface area contributed by atoms with E-state index in [9.17, 15) is 4.79 Å². The molecule has 6 heteroatoms. The highest BCUT2D eigenvalue weighted by Gasteiger charge is 2.05. The number of aromatic nitrogens is 3. The quantitative estimate of drug-likeness (QED) is 0.820. The number of pyridine rings is 1. The molecule has 0 aromatic carbocycles. The number of carbonyl (C=O) groups is 1. The average molecular weight is 230 g/mol. The van der Waals surface area contributed by atoms with Crippen molar-refractivity contribution in [2.75, 3.05) is 5.32 Å². The molecular weight excluding hydrogens is 220 g/mol. The first-order valence-corrected chi connectivity index (χ1v) is 4.94. The molecule has 0 saturated carbocycles. The standard InChI is InChI=1S/C11H10N4O2/c16-11(17)9-4-10(15-7-14-9)13-6-8-2-1-3-12-5-8/h1-5,7H,6H2,(H,16,17)(H,13,14,15). The van der Waals surface area contributed by atoms with E-state index >= 15 is 0 Å². The van der Waals surface area contributed by atoms with Crippen molar-refractivity contribution in [3.05, 3.63) is 48.2 Å². The normalized spacial score (nSPS) is 9.88. The van der Waals surface area contributed by atoms with Crippen LogP contribution in [0.25, 0.3) is 0 Å². The molecule has 0 fully saturated rings. The lowest BCUT2D eigenvalue weighted by molar-refractivity contribution is 0.0690. The smallest absolute Gasteiger partial charge is 0.354 e. The lowest BCUT2D eigenvalue weighted by Gasteiger charge is -2.05. The predicted molar refractivity (Wildman–Crippen MR) is 60.6 cm³/mol. The van der Waals surface area contributed by atoms with Crippen molar-refractivity contribution in [1.29, 1.82) is 0 Å². The van der Waals surface area contributed by atoms with Crippen LogP contribution in [0, 0.1) is 0 Å². The van der Waals surface area contributed by atoms with E-state index in [0.717, 1.165) is 5.56 Å². The molecule has 2 aromatic heterocycles. The summed E-state index contributed by atoms with van der Waals surface area (Å²) in [6.45, 7) is 0.532. The van der Waals surface area contributed by atoms with E-state index < -0.39 is 5.97 Å². The van der Waals surface area contributed by atoms with Gasteiger partial charge in [0, 0.05) is 25.0 Å². The molecular formula is C11H10N4O2. The van der Waals surface area contributed by atoms with Crippen LogP contribution in [-0.4, -0.2) is 26.0 Å². The minimum Gasteiger partial charge on any atom is -0.477 e. The highest BCUT2D eigenvalue weighted by atomic mass is 16.4. The number of aromatic carboxylic acids is 1. The summed E-state index contributed by atoms with van der Waals surface area (Å²) in [6, 6.07) is 5.14. The number of nitrogens with zero attached hydrogens (tertiary/aromatic N) is 3. The summed E-state index contributed by atoms with van der Waals surface area (Å²) in [4.78, 5) is 22.2. The Morgan fingerprint density at radius 2 is 2.29 bits per heavy atom. The molecule has 2 rings (SSSR count). The van der Waals surface area contributed by atoms with Crippen LogP contribution in [0.1, 0.15) is 16.1 Å². The monoisotopic (exact) mass is 230 g/mol. The molecule has 6 nitrogen and oxygen atoms in total. The van der Waals surface area contributed by atoms with Gasteiger partial charge < -0.3 is 10.4 Å². The van der Waals surface area contributed by atoms with Gasteiger partial charge in [0.05, 0.1) is 0 Å². The second-order valence-electron chi connectivity index (χ2n) is 3.31. The summed E-state index contributed by atoms with van der Waals surface area (Å²) in [7, 11) is 0. The second kappa shape index (κ2) is 5.02. The lowest BCUT2D eigenvalue weighted by atomic mass is 10.3. The SMILES string of the molecule is O=C(O)c1cc(NCc2cccnc2)ncn1. The Morgan fingerprint density at radius 3 is 3.00 bits per heavy atom. The van der Waals surface area contributed by atoms with Crippen LogP contribution in [0.3, 0.4) is 0 Å². The Kier molecular flexibility index (Phi) is 3.25. The predicted octanol–water partition coefficient (Wildman–Crippen LogP) is 1.18. The van der Waals surface area contributed by atoms with Gasteiger partial charge in [-0.1, -0.05) is 6.07 Å². The van der Waals surface area contributed by atoms with Gasteiger partial charge in [-0.2, -0.15) is 0 Å². The van der Waals surface area contributed by atoms with E-state index in [1.807, 2.05) is 12.1 Å². The van der Waals surface area contributed by atoms with Crippen LogP contribution >= 0.6 is 0 Å². The molecule has 0 saturated heterocycles. The number of hydrogen-bond donors (Lipinski definition) is 2. The maximum Gasteiger partial charge on any atom is 0.354 e. The molecule has 2 aromatic rings. The van der Waals surface area contributed by atoms with Gasteiger partial charge in [0.25, 0.3) is 0 Å². The molecule has 0 radical (unpaired) electrons. The Morgan fingerprint density at radius 1 is 1.41 bits per heavy atom. The first-order chi connectivity index (χ1) is 8.25. The number of nitrogens with one attached hydrogen (secondary N) is 1. The first-order valence-electron chi connectivity index (χ1n) is 4.94. The van der Waals surface area contributed by atoms with Crippen molar-refractivity contribution in [2.24, 2.45) is 0 Å². The van der Waals surface area contributed by atoms with Gasteiger partial charge in [-0.3, -0.25) is 4.98 Å². The van der Waals surface area contributed by atoms with Crippen molar-refractivity contribution < 1.29 is 9.90 Å². The van der Waals surface area contributed by atoms with Gasteiger partial charge in [0.15, 0.2) is 5.69 Å². The Hall–Kier alpha value is -2.50. The lowest BCUT2D eigenvalue weighted by Crippen LogP contribution is -2.05. The van der Waals surface area contributed by atoms with Crippen molar-refractivity contribution in [3.8, 4) is 0 Å². The number of anilines is 1. The van der Waals surface area contributed by atoms with Gasteiger partial charge in [-0.25, -0.2) is 14.8 Å². The average Bonchev–Trinajstić information content (AvgIpc) is 2.38. The number of carboxylic acid groups (broad SMARTS) is 1. The van der Waals surface area contributed by atoms with Gasteiger partial charge in [0.1, 0.15) is 12.1 Å². The largest absolute Gasteiger partial charge is 0.477 e. The summed E-state index contributed by atoms with van der Waals surface area (Å²) in [5.74, 6) is -0.599. The van der Waals surface area contributed by atoms with Crippen LogP contribution in [0.4, 0.5) is 5.82 Å². The molecule has 86 valence electrons. The highest BCUT2D eigenvalue weighted by Crippen LogP contribution is 2.06. The molecule has 0 bridgehead atoms. The third kappa shape index (κ3) is 2.97. The zero-order valence-corrected chi connectivity index (χ0v) is 8.87. The molecule has 0 aliphatic rings. The topological polar surface area (TPSA) is 88.0 Å². The summed E-state index contributed by atoms with van der Waals surface area (Å²) >= 11 is 0. The van der Waals surface area contributed by atoms with Crippen LogP contribution in [0.15, 0.2) is 36.9 Å². The first kappa shape index (κ1) is 11.0.